The summed E-state index contributed by atoms with van der Waals surface area (Å²) in [6.45, 7) is 7.78. The maximum atomic E-state index is 11.8. The Morgan fingerprint density at radius 1 is 1.12 bits per heavy atom. The van der Waals surface area contributed by atoms with Gasteiger partial charge in [0.2, 0.25) is 0 Å². The molecule has 0 aromatic heterocycles. The molecule has 0 fully saturated rings. The second-order valence-corrected chi connectivity index (χ2v) is 6.07. The van der Waals surface area contributed by atoms with Gasteiger partial charge in [-0.1, -0.05) is 19.9 Å². The molecule has 0 amide bonds. The Bertz CT molecular complexity index is 441. The Balaban J connectivity index is 2.98. The summed E-state index contributed by atoms with van der Waals surface area (Å²) in [5.74, 6) is 0.195. The summed E-state index contributed by atoms with van der Waals surface area (Å²) >= 11 is 0. The molecule has 3 nitrogen and oxygen atoms in total. The molecule has 0 aliphatic carbocycles. The van der Waals surface area contributed by atoms with Crippen LogP contribution in [0.2, 0.25) is 0 Å². The third-order valence-corrected chi connectivity index (χ3v) is 3.30. The molecule has 0 saturated heterocycles. The van der Waals surface area contributed by atoms with Crippen molar-refractivity contribution in [1.29, 1.82) is 0 Å². The molecular weight excluding hydrogens is 224 g/mol. The smallest absolute Gasteiger partial charge is 0.266 e. The highest BCUT2D eigenvalue weighted by Gasteiger charge is 2.16. The molecule has 4 heteroatoms. The van der Waals surface area contributed by atoms with Crippen LogP contribution in [0.5, 0.6) is 0 Å². The SMILES string of the molecule is Cc1cc(C)cc(S(=O)(=O)OCC(C)C)c1. The highest BCUT2D eigenvalue weighted by atomic mass is 32.2. The van der Waals surface area contributed by atoms with Crippen LogP contribution >= 0.6 is 0 Å². The van der Waals surface area contributed by atoms with Gasteiger partial charge in [-0.05, 0) is 43.0 Å². The Morgan fingerprint density at radius 2 is 1.62 bits per heavy atom. The van der Waals surface area contributed by atoms with E-state index in [1.165, 1.54) is 0 Å². The normalized spacial score (nSPS) is 12.1. The predicted molar refractivity (Wildman–Crippen MR) is 63.9 cm³/mol. The number of benzene rings is 1. The molecule has 90 valence electrons. The Kier molecular flexibility index (Phi) is 4.10. The molecule has 1 rings (SSSR count). The van der Waals surface area contributed by atoms with Gasteiger partial charge in [-0.2, -0.15) is 8.42 Å². The van der Waals surface area contributed by atoms with E-state index < -0.39 is 10.1 Å². The minimum Gasteiger partial charge on any atom is -0.266 e. The van der Waals surface area contributed by atoms with Gasteiger partial charge in [0.25, 0.3) is 10.1 Å². The third kappa shape index (κ3) is 3.61. The fourth-order valence-electron chi connectivity index (χ4n) is 1.37. The zero-order valence-electron chi connectivity index (χ0n) is 10.1. The first-order chi connectivity index (χ1) is 7.31. The van der Waals surface area contributed by atoms with Crippen LogP contribution in [-0.2, 0) is 14.3 Å². The lowest BCUT2D eigenvalue weighted by atomic mass is 10.2. The summed E-state index contributed by atoms with van der Waals surface area (Å²) in [7, 11) is -3.60. The molecule has 16 heavy (non-hydrogen) atoms. The average molecular weight is 242 g/mol. The summed E-state index contributed by atoms with van der Waals surface area (Å²) in [4.78, 5) is 0.241. The fraction of sp³-hybridized carbons (Fsp3) is 0.500. The van der Waals surface area contributed by atoms with Gasteiger partial charge >= 0.3 is 0 Å². The first-order valence-corrected chi connectivity index (χ1v) is 6.70. The van der Waals surface area contributed by atoms with Crippen LogP contribution in [0.25, 0.3) is 0 Å². The van der Waals surface area contributed by atoms with Gasteiger partial charge in [0.05, 0.1) is 11.5 Å². The van der Waals surface area contributed by atoms with E-state index >= 15 is 0 Å². The van der Waals surface area contributed by atoms with E-state index in [-0.39, 0.29) is 17.4 Å². The highest BCUT2D eigenvalue weighted by Crippen LogP contribution is 2.17. The zero-order valence-corrected chi connectivity index (χ0v) is 11.0. The van der Waals surface area contributed by atoms with E-state index in [0.29, 0.717) is 0 Å². The van der Waals surface area contributed by atoms with Crippen LogP contribution in [0.15, 0.2) is 23.1 Å². The molecule has 0 N–H and O–H groups in total. The van der Waals surface area contributed by atoms with E-state index in [2.05, 4.69) is 0 Å². The molecule has 0 aliphatic rings. The molecule has 0 spiro atoms. The van der Waals surface area contributed by atoms with E-state index in [0.717, 1.165) is 11.1 Å². The topological polar surface area (TPSA) is 43.4 Å². The molecule has 0 saturated carbocycles. The fourth-order valence-corrected chi connectivity index (χ4v) is 2.62. The zero-order chi connectivity index (χ0) is 12.3. The first-order valence-electron chi connectivity index (χ1n) is 5.29. The van der Waals surface area contributed by atoms with Gasteiger partial charge in [0, 0.05) is 0 Å². The number of hydrogen-bond donors (Lipinski definition) is 0. The van der Waals surface area contributed by atoms with Crippen molar-refractivity contribution in [2.45, 2.75) is 32.6 Å². The van der Waals surface area contributed by atoms with E-state index in [4.69, 9.17) is 4.18 Å². The summed E-state index contributed by atoms with van der Waals surface area (Å²) in [5, 5.41) is 0. The largest absolute Gasteiger partial charge is 0.297 e. The third-order valence-electron chi connectivity index (χ3n) is 2.04. The summed E-state index contributed by atoms with van der Waals surface area (Å²) < 4.78 is 28.6. The van der Waals surface area contributed by atoms with Crippen molar-refractivity contribution in [3.63, 3.8) is 0 Å². The van der Waals surface area contributed by atoms with Crippen molar-refractivity contribution in [2.75, 3.05) is 6.61 Å². The van der Waals surface area contributed by atoms with Gasteiger partial charge < -0.3 is 0 Å². The number of rotatable bonds is 4. The van der Waals surface area contributed by atoms with E-state index in [9.17, 15) is 8.42 Å². The molecule has 0 unspecified atom stereocenters. The lowest BCUT2D eigenvalue weighted by Gasteiger charge is -2.09. The van der Waals surface area contributed by atoms with Gasteiger partial charge in [-0.25, -0.2) is 0 Å². The van der Waals surface area contributed by atoms with Gasteiger partial charge in [0.15, 0.2) is 0 Å². The summed E-state index contributed by atoms with van der Waals surface area (Å²) in [6.07, 6.45) is 0. The second kappa shape index (κ2) is 4.97. The molecule has 0 radical (unpaired) electrons. The minimum atomic E-state index is -3.60. The first kappa shape index (κ1) is 13.2. The van der Waals surface area contributed by atoms with E-state index in [1.54, 1.807) is 12.1 Å². The minimum absolute atomic E-state index is 0.195. The molecular formula is C12H18O3S. The quantitative estimate of drug-likeness (QED) is 0.762. The van der Waals surface area contributed by atoms with Crippen molar-refractivity contribution in [3.8, 4) is 0 Å². The lowest BCUT2D eigenvalue weighted by molar-refractivity contribution is 0.275. The molecule has 1 aromatic rings. The van der Waals surface area contributed by atoms with Crippen molar-refractivity contribution in [3.05, 3.63) is 29.3 Å². The van der Waals surface area contributed by atoms with Crippen LogP contribution in [0.1, 0.15) is 25.0 Å². The van der Waals surface area contributed by atoms with Gasteiger partial charge in [0.1, 0.15) is 0 Å². The van der Waals surface area contributed by atoms with Crippen LogP contribution in [0.3, 0.4) is 0 Å². The molecule has 0 atom stereocenters. The maximum absolute atomic E-state index is 11.8. The van der Waals surface area contributed by atoms with Crippen molar-refractivity contribution in [1.82, 2.24) is 0 Å². The Hall–Kier alpha value is -0.870. The molecule has 0 bridgehead atoms. The number of hydrogen-bond acceptors (Lipinski definition) is 3. The van der Waals surface area contributed by atoms with Crippen LogP contribution in [0.4, 0.5) is 0 Å². The van der Waals surface area contributed by atoms with Gasteiger partial charge in [-0.3, -0.25) is 4.18 Å². The molecule has 1 aromatic carbocycles. The Labute approximate surface area is 97.6 Å². The van der Waals surface area contributed by atoms with Crippen molar-refractivity contribution >= 4 is 10.1 Å². The van der Waals surface area contributed by atoms with Crippen LogP contribution < -0.4 is 0 Å². The molecule has 0 heterocycles. The summed E-state index contributed by atoms with van der Waals surface area (Å²) in [6, 6.07) is 5.19. The maximum Gasteiger partial charge on any atom is 0.297 e. The second-order valence-electron chi connectivity index (χ2n) is 4.46. The highest BCUT2D eigenvalue weighted by molar-refractivity contribution is 7.86. The number of aryl methyl sites for hydroxylation is 2. The average Bonchev–Trinajstić information content (AvgIpc) is 2.13. The molecule has 0 aliphatic heterocycles. The monoisotopic (exact) mass is 242 g/mol. The lowest BCUT2D eigenvalue weighted by Crippen LogP contribution is -2.11. The summed E-state index contributed by atoms with van der Waals surface area (Å²) in [5.41, 5.74) is 1.85. The van der Waals surface area contributed by atoms with Crippen LogP contribution in [0, 0.1) is 19.8 Å². The Morgan fingerprint density at radius 3 is 2.06 bits per heavy atom. The standard InChI is InChI=1S/C12H18O3S/c1-9(2)8-15-16(13,14)12-6-10(3)5-11(4)7-12/h5-7,9H,8H2,1-4H3. The predicted octanol–water partition coefficient (Wildman–Crippen LogP) is 2.66. The van der Waals surface area contributed by atoms with Crippen molar-refractivity contribution in [2.24, 2.45) is 5.92 Å². The van der Waals surface area contributed by atoms with E-state index in [1.807, 2.05) is 33.8 Å². The van der Waals surface area contributed by atoms with Crippen LogP contribution in [-0.4, -0.2) is 15.0 Å². The van der Waals surface area contributed by atoms with Crippen molar-refractivity contribution < 1.29 is 12.6 Å². The van der Waals surface area contributed by atoms with Gasteiger partial charge in [-0.15, -0.1) is 0 Å².